The van der Waals surface area contributed by atoms with Gasteiger partial charge in [-0.1, -0.05) is 6.92 Å². The number of phenols is 1. The molecule has 0 spiro atoms. The van der Waals surface area contributed by atoms with E-state index in [4.69, 9.17) is 9.97 Å². The maximum Gasteiger partial charge on any atom is 0.223 e. The zero-order valence-electron chi connectivity index (χ0n) is 20.0. The molecule has 0 amide bonds. The van der Waals surface area contributed by atoms with Crippen LogP contribution in [0.4, 0.5) is 10.3 Å². The monoisotopic (exact) mass is 482 g/mol. The molecule has 0 saturated carbocycles. The number of aromatic nitrogens is 5. The lowest BCUT2D eigenvalue weighted by molar-refractivity contribution is 0.459. The molecule has 5 aromatic rings. The van der Waals surface area contributed by atoms with E-state index in [-0.39, 0.29) is 17.6 Å². The predicted octanol–water partition coefficient (Wildman–Crippen LogP) is 5.82. The van der Waals surface area contributed by atoms with Gasteiger partial charge in [0.1, 0.15) is 17.4 Å². The van der Waals surface area contributed by atoms with Crippen LogP contribution in [0, 0.1) is 5.82 Å². The molecule has 1 aliphatic rings. The summed E-state index contributed by atoms with van der Waals surface area (Å²) in [5.74, 6) is 1.58. The highest BCUT2D eigenvalue weighted by Crippen LogP contribution is 2.40. The standard InChI is InChI=1S/C28H27FN6O/c1-2-13-30-28-31-14-11-23(32-28)27-26(18-3-5-20(29)6-4-18)33-25-10-7-21(35(25)27)17-34-15-12-19-16-22(36)8-9-24(19)34/h3-6,8-9,11-12,14-16,21,36H,2,7,10,13,17H2,1H3,(H,30,31,32). The Labute approximate surface area is 208 Å². The molecule has 1 unspecified atom stereocenters. The fourth-order valence-corrected chi connectivity index (χ4v) is 5.09. The highest BCUT2D eigenvalue weighted by molar-refractivity contribution is 5.82. The van der Waals surface area contributed by atoms with Gasteiger partial charge in [0.2, 0.25) is 5.95 Å². The first kappa shape index (κ1) is 22.3. The van der Waals surface area contributed by atoms with Crippen LogP contribution in [0.3, 0.4) is 0 Å². The fourth-order valence-electron chi connectivity index (χ4n) is 5.09. The molecule has 0 saturated heterocycles. The zero-order valence-corrected chi connectivity index (χ0v) is 20.0. The second-order valence-electron chi connectivity index (χ2n) is 9.20. The van der Waals surface area contributed by atoms with Crippen molar-refractivity contribution in [3.63, 3.8) is 0 Å². The van der Waals surface area contributed by atoms with E-state index >= 15 is 0 Å². The number of halogens is 1. The number of nitrogens with one attached hydrogen (secondary N) is 1. The van der Waals surface area contributed by atoms with E-state index in [0.29, 0.717) is 5.95 Å². The molecule has 4 heterocycles. The van der Waals surface area contributed by atoms with Crippen LogP contribution in [-0.4, -0.2) is 35.7 Å². The summed E-state index contributed by atoms with van der Waals surface area (Å²) in [5.41, 5.74) is 4.45. The molecule has 3 aromatic heterocycles. The first-order valence-corrected chi connectivity index (χ1v) is 12.3. The fraction of sp³-hybridized carbons (Fsp3) is 0.250. The van der Waals surface area contributed by atoms with Crippen LogP contribution in [0.2, 0.25) is 0 Å². The van der Waals surface area contributed by atoms with Gasteiger partial charge in [0.15, 0.2) is 0 Å². The van der Waals surface area contributed by atoms with Crippen LogP contribution in [0.5, 0.6) is 5.75 Å². The number of aromatic hydroxyl groups is 1. The van der Waals surface area contributed by atoms with Gasteiger partial charge in [-0.25, -0.2) is 19.3 Å². The molecule has 0 aliphatic carbocycles. The Morgan fingerprint density at radius 2 is 1.94 bits per heavy atom. The number of imidazole rings is 1. The van der Waals surface area contributed by atoms with Gasteiger partial charge in [-0.3, -0.25) is 0 Å². The Kier molecular flexibility index (Phi) is 5.64. The Bertz CT molecular complexity index is 1540. The maximum atomic E-state index is 13.7. The van der Waals surface area contributed by atoms with Crippen molar-refractivity contribution in [3.8, 4) is 28.4 Å². The highest BCUT2D eigenvalue weighted by atomic mass is 19.1. The Morgan fingerprint density at radius 1 is 1.08 bits per heavy atom. The number of anilines is 1. The molecule has 8 heteroatoms. The summed E-state index contributed by atoms with van der Waals surface area (Å²) >= 11 is 0. The highest BCUT2D eigenvalue weighted by Gasteiger charge is 2.31. The van der Waals surface area contributed by atoms with E-state index in [9.17, 15) is 9.50 Å². The summed E-state index contributed by atoms with van der Waals surface area (Å²) in [7, 11) is 0. The maximum absolute atomic E-state index is 13.7. The van der Waals surface area contributed by atoms with Gasteiger partial charge in [0.05, 0.1) is 23.1 Å². The summed E-state index contributed by atoms with van der Waals surface area (Å²) in [6.45, 7) is 3.65. The molecule has 0 fully saturated rings. The van der Waals surface area contributed by atoms with E-state index in [2.05, 4.69) is 32.6 Å². The minimum absolute atomic E-state index is 0.170. The third kappa shape index (κ3) is 3.98. The largest absolute Gasteiger partial charge is 0.508 e. The summed E-state index contributed by atoms with van der Waals surface area (Å²) in [4.78, 5) is 14.3. The van der Waals surface area contributed by atoms with Crippen LogP contribution in [0.15, 0.2) is 67.0 Å². The molecular formula is C28H27FN6O. The summed E-state index contributed by atoms with van der Waals surface area (Å²) in [5, 5.41) is 14.1. The molecule has 2 aromatic carbocycles. The molecule has 2 N–H and O–H groups in total. The van der Waals surface area contributed by atoms with Gasteiger partial charge in [-0.15, -0.1) is 0 Å². The normalized spacial score (nSPS) is 14.9. The second-order valence-corrected chi connectivity index (χ2v) is 9.20. The van der Waals surface area contributed by atoms with Crippen LogP contribution >= 0.6 is 0 Å². The number of hydrogen-bond donors (Lipinski definition) is 2. The number of rotatable bonds is 7. The van der Waals surface area contributed by atoms with Crippen molar-refractivity contribution in [1.29, 1.82) is 0 Å². The Hall–Kier alpha value is -4.20. The van der Waals surface area contributed by atoms with Gasteiger partial charge in [0.25, 0.3) is 0 Å². The van der Waals surface area contributed by atoms with Crippen molar-refractivity contribution in [1.82, 2.24) is 24.1 Å². The summed E-state index contributed by atoms with van der Waals surface area (Å²) < 4.78 is 18.2. The lowest BCUT2D eigenvalue weighted by atomic mass is 10.1. The van der Waals surface area contributed by atoms with Crippen molar-refractivity contribution >= 4 is 16.9 Å². The minimum Gasteiger partial charge on any atom is -0.508 e. The van der Waals surface area contributed by atoms with Crippen molar-refractivity contribution in [2.75, 3.05) is 11.9 Å². The van der Waals surface area contributed by atoms with Crippen molar-refractivity contribution in [3.05, 3.63) is 78.6 Å². The van der Waals surface area contributed by atoms with Crippen molar-refractivity contribution in [2.24, 2.45) is 0 Å². The number of aryl methyl sites for hydroxylation is 1. The number of nitrogens with zero attached hydrogens (tertiary/aromatic N) is 5. The molecule has 182 valence electrons. The molecule has 36 heavy (non-hydrogen) atoms. The van der Waals surface area contributed by atoms with Crippen molar-refractivity contribution in [2.45, 2.75) is 38.8 Å². The summed E-state index contributed by atoms with van der Waals surface area (Å²) in [6, 6.07) is 16.1. The van der Waals surface area contributed by atoms with Gasteiger partial charge in [0, 0.05) is 48.4 Å². The molecule has 6 rings (SSSR count). The zero-order chi connectivity index (χ0) is 24.6. The van der Waals surface area contributed by atoms with Crippen molar-refractivity contribution < 1.29 is 9.50 Å². The first-order valence-electron chi connectivity index (χ1n) is 12.3. The Morgan fingerprint density at radius 3 is 2.78 bits per heavy atom. The molecule has 7 nitrogen and oxygen atoms in total. The SMILES string of the molecule is CCCNc1nccc(-c2c(-c3ccc(F)cc3)nc3n2C(Cn2ccc4cc(O)ccc42)CC3)n1. The smallest absolute Gasteiger partial charge is 0.223 e. The number of hydrogen-bond acceptors (Lipinski definition) is 5. The van der Waals surface area contributed by atoms with Gasteiger partial charge >= 0.3 is 0 Å². The van der Waals surface area contributed by atoms with Gasteiger partial charge in [-0.2, -0.15) is 0 Å². The number of fused-ring (bicyclic) bond motifs is 2. The topological polar surface area (TPSA) is 80.8 Å². The molecule has 0 radical (unpaired) electrons. The number of benzene rings is 2. The van der Waals surface area contributed by atoms with E-state index in [1.165, 1.54) is 12.1 Å². The van der Waals surface area contributed by atoms with Crippen LogP contribution in [-0.2, 0) is 13.0 Å². The minimum atomic E-state index is -0.275. The third-order valence-electron chi connectivity index (χ3n) is 6.76. The van der Waals surface area contributed by atoms with Gasteiger partial charge in [-0.05, 0) is 67.4 Å². The number of phenolic OH excluding ortho intramolecular Hbond substituents is 1. The average molecular weight is 483 g/mol. The van der Waals surface area contributed by atoms with Crippen LogP contribution < -0.4 is 5.32 Å². The van der Waals surface area contributed by atoms with Gasteiger partial charge < -0.3 is 19.6 Å². The van der Waals surface area contributed by atoms with Crippen LogP contribution in [0.25, 0.3) is 33.5 Å². The van der Waals surface area contributed by atoms with E-state index in [1.807, 2.05) is 18.2 Å². The first-order chi connectivity index (χ1) is 17.6. The predicted molar refractivity (Wildman–Crippen MR) is 138 cm³/mol. The second kappa shape index (κ2) is 9.11. The molecular weight excluding hydrogens is 455 g/mol. The molecule has 1 aliphatic heterocycles. The van der Waals surface area contributed by atoms with E-state index in [1.54, 1.807) is 30.5 Å². The summed E-state index contributed by atoms with van der Waals surface area (Å²) in [6.07, 6.45) is 6.62. The van der Waals surface area contributed by atoms with Crippen LogP contribution in [0.1, 0.15) is 31.6 Å². The lowest BCUT2D eigenvalue weighted by Crippen LogP contribution is -2.14. The molecule has 1 atom stereocenters. The molecule has 0 bridgehead atoms. The lowest BCUT2D eigenvalue weighted by Gasteiger charge is -2.19. The average Bonchev–Trinajstić information content (AvgIpc) is 3.58. The van der Waals surface area contributed by atoms with E-state index in [0.717, 1.165) is 71.7 Å². The van der Waals surface area contributed by atoms with E-state index < -0.39 is 0 Å². The Balaban J connectivity index is 1.46. The third-order valence-corrected chi connectivity index (χ3v) is 6.76. The quantitative estimate of drug-likeness (QED) is 0.306.